The molecule has 2 aromatic carbocycles. The first kappa shape index (κ1) is 18.8. The molecule has 0 aliphatic carbocycles. The van der Waals surface area contributed by atoms with E-state index in [2.05, 4.69) is 36.9 Å². The summed E-state index contributed by atoms with van der Waals surface area (Å²) in [5.74, 6) is 6.51. The molecule has 0 atom stereocenters. The molecule has 4 heteroatoms. The summed E-state index contributed by atoms with van der Waals surface area (Å²) in [5.41, 5.74) is 4.54. The van der Waals surface area contributed by atoms with E-state index in [1.54, 1.807) is 10.9 Å². The monoisotopic (exact) mass is 381 g/mol. The standard InChI is InChI=1S/C25H23N3O/c1-17(2)23-14-21-7-5-6-20(11-10-19-15-26-27(4)16-19)24(21)25(29)28(23)22-12-8-18(3)9-13-22/h5-9,12-17H,1-4H3. The number of rotatable bonds is 2. The van der Waals surface area contributed by atoms with E-state index in [4.69, 9.17) is 0 Å². The highest BCUT2D eigenvalue weighted by molar-refractivity contribution is 5.88. The quantitative estimate of drug-likeness (QED) is 0.478. The summed E-state index contributed by atoms with van der Waals surface area (Å²) in [7, 11) is 1.86. The summed E-state index contributed by atoms with van der Waals surface area (Å²) >= 11 is 0. The highest BCUT2D eigenvalue weighted by atomic mass is 16.1. The molecule has 2 aromatic heterocycles. The van der Waals surface area contributed by atoms with Crippen LogP contribution in [0.25, 0.3) is 16.5 Å². The van der Waals surface area contributed by atoms with Gasteiger partial charge in [-0.3, -0.25) is 14.0 Å². The highest BCUT2D eigenvalue weighted by Crippen LogP contribution is 2.24. The Morgan fingerprint density at radius 2 is 1.79 bits per heavy atom. The van der Waals surface area contributed by atoms with Gasteiger partial charge in [0, 0.05) is 30.2 Å². The Balaban J connectivity index is 1.99. The SMILES string of the molecule is Cc1ccc(-n2c(C(C)C)cc3cccc(C#Cc4cnn(C)c4)c3c2=O)cc1. The van der Waals surface area contributed by atoms with Crippen molar-refractivity contribution in [3.63, 3.8) is 0 Å². The minimum absolute atomic E-state index is 0.0360. The van der Waals surface area contributed by atoms with Crippen molar-refractivity contribution in [1.82, 2.24) is 14.3 Å². The van der Waals surface area contributed by atoms with Crippen LogP contribution in [-0.2, 0) is 7.05 Å². The molecule has 0 unspecified atom stereocenters. The zero-order chi connectivity index (χ0) is 20.5. The van der Waals surface area contributed by atoms with Crippen molar-refractivity contribution in [2.24, 2.45) is 7.05 Å². The van der Waals surface area contributed by atoms with Gasteiger partial charge in [0.15, 0.2) is 0 Å². The number of fused-ring (bicyclic) bond motifs is 1. The normalized spacial score (nSPS) is 10.9. The molecule has 0 aliphatic heterocycles. The summed E-state index contributed by atoms with van der Waals surface area (Å²) in [6, 6.07) is 16.0. The van der Waals surface area contributed by atoms with Gasteiger partial charge >= 0.3 is 0 Å². The number of hydrogen-bond donors (Lipinski definition) is 0. The molecule has 29 heavy (non-hydrogen) atoms. The number of pyridine rings is 1. The molecule has 4 aromatic rings. The summed E-state index contributed by atoms with van der Waals surface area (Å²) in [4.78, 5) is 13.7. The van der Waals surface area contributed by atoms with Gasteiger partial charge in [-0.25, -0.2) is 0 Å². The number of hydrogen-bond acceptors (Lipinski definition) is 2. The maximum Gasteiger partial charge on any atom is 0.264 e. The smallest absolute Gasteiger partial charge is 0.264 e. The van der Waals surface area contributed by atoms with Crippen molar-refractivity contribution in [3.8, 4) is 17.5 Å². The third-order valence-corrected chi connectivity index (χ3v) is 5.01. The van der Waals surface area contributed by atoms with E-state index in [1.807, 2.05) is 67.2 Å². The van der Waals surface area contributed by atoms with Gasteiger partial charge in [0.2, 0.25) is 0 Å². The Kier molecular flexibility index (Phi) is 4.82. The van der Waals surface area contributed by atoms with E-state index in [0.29, 0.717) is 5.39 Å². The molecule has 2 heterocycles. The van der Waals surface area contributed by atoms with Crippen LogP contribution in [0.1, 0.15) is 42.1 Å². The molecule has 144 valence electrons. The van der Waals surface area contributed by atoms with Gasteiger partial charge in [0.1, 0.15) is 0 Å². The lowest BCUT2D eigenvalue weighted by Gasteiger charge is -2.18. The third-order valence-electron chi connectivity index (χ3n) is 5.01. The first-order valence-electron chi connectivity index (χ1n) is 9.70. The van der Waals surface area contributed by atoms with Gasteiger partial charge in [-0.2, -0.15) is 5.10 Å². The lowest BCUT2D eigenvalue weighted by molar-refractivity contribution is 0.765. The van der Waals surface area contributed by atoms with Crippen LogP contribution >= 0.6 is 0 Å². The molecule has 0 saturated carbocycles. The van der Waals surface area contributed by atoms with E-state index >= 15 is 0 Å². The number of aromatic nitrogens is 3. The van der Waals surface area contributed by atoms with E-state index in [0.717, 1.165) is 33.5 Å². The first-order valence-corrected chi connectivity index (χ1v) is 9.70. The Hall–Kier alpha value is -3.58. The van der Waals surface area contributed by atoms with E-state index < -0.39 is 0 Å². The Morgan fingerprint density at radius 3 is 2.45 bits per heavy atom. The molecular formula is C25H23N3O. The molecule has 0 bridgehead atoms. The van der Waals surface area contributed by atoms with Crippen LogP contribution in [0, 0.1) is 18.8 Å². The summed E-state index contributed by atoms with van der Waals surface area (Å²) in [6.45, 7) is 6.26. The Labute approximate surface area is 170 Å². The van der Waals surface area contributed by atoms with Gasteiger partial charge in [-0.1, -0.05) is 55.5 Å². The topological polar surface area (TPSA) is 39.8 Å². The van der Waals surface area contributed by atoms with Gasteiger partial charge < -0.3 is 0 Å². The molecule has 4 rings (SSSR count). The largest absolute Gasteiger partial charge is 0.280 e. The van der Waals surface area contributed by atoms with Crippen LogP contribution in [-0.4, -0.2) is 14.3 Å². The van der Waals surface area contributed by atoms with Crippen LogP contribution in [0.15, 0.2) is 65.7 Å². The van der Waals surface area contributed by atoms with Crippen LogP contribution in [0.3, 0.4) is 0 Å². The average molecular weight is 381 g/mol. The van der Waals surface area contributed by atoms with Crippen molar-refractivity contribution in [3.05, 3.63) is 93.7 Å². The molecule has 4 nitrogen and oxygen atoms in total. The minimum Gasteiger partial charge on any atom is -0.280 e. The second kappa shape index (κ2) is 7.44. The lowest BCUT2D eigenvalue weighted by Crippen LogP contribution is -2.23. The van der Waals surface area contributed by atoms with Crippen molar-refractivity contribution in [1.29, 1.82) is 0 Å². The Morgan fingerprint density at radius 1 is 1.03 bits per heavy atom. The van der Waals surface area contributed by atoms with Gasteiger partial charge in [-0.15, -0.1) is 0 Å². The van der Waals surface area contributed by atoms with Gasteiger partial charge in [-0.05, 0) is 42.5 Å². The highest BCUT2D eigenvalue weighted by Gasteiger charge is 2.15. The van der Waals surface area contributed by atoms with Crippen LogP contribution < -0.4 is 5.56 Å². The molecule has 0 spiro atoms. The lowest BCUT2D eigenvalue weighted by atomic mass is 10.0. The fourth-order valence-electron chi connectivity index (χ4n) is 3.50. The molecule has 0 saturated heterocycles. The molecule has 0 N–H and O–H groups in total. The van der Waals surface area contributed by atoms with Crippen LogP contribution in [0.2, 0.25) is 0 Å². The number of aryl methyl sites for hydroxylation is 2. The van der Waals surface area contributed by atoms with Crippen molar-refractivity contribution >= 4 is 10.8 Å². The number of nitrogens with zero attached hydrogens (tertiary/aromatic N) is 3. The number of benzene rings is 2. The van der Waals surface area contributed by atoms with E-state index in [9.17, 15) is 4.79 Å². The molecule has 0 fully saturated rings. The van der Waals surface area contributed by atoms with E-state index in [1.165, 1.54) is 0 Å². The maximum atomic E-state index is 13.7. The van der Waals surface area contributed by atoms with Crippen molar-refractivity contribution < 1.29 is 0 Å². The van der Waals surface area contributed by atoms with E-state index in [-0.39, 0.29) is 11.5 Å². The summed E-state index contributed by atoms with van der Waals surface area (Å²) in [6.07, 6.45) is 3.58. The predicted octanol–water partition coefficient (Wildman–Crippen LogP) is 4.56. The van der Waals surface area contributed by atoms with Gasteiger partial charge in [0.05, 0.1) is 17.1 Å². The van der Waals surface area contributed by atoms with Crippen LogP contribution in [0.4, 0.5) is 0 Å². The minimum atomic E-state index is -0.0360. The molecule has 0 aliphatic rings. The fourth-order valence-corrected chi connectivity index (χ4v) is 3.50. The summed E-state index contributed by atoms with van der Waals surface area (Å²) < 4.78 is 3.54. The molecular weight excluding hydrogens is 358 g/mol. The predicted molar refractivity (Wildman–Crippen MR) is 118 cm³/mol. The Bertz CT molecular complexity index is 1310. The second-order valence-electron chi connectivity index (χ2n) is 7.62. The zero-order valence-electron chi connectivity index (χ0n) is 17.1. The fraction of sp³-hybridized carbons (Fsp3) is 0.200. The maximum absolute atomic E-state index is 13.7. The molecule has 0 radical (unpaired) electrons. The average Bonchev–Trinajstić information content (AvgIpc) is 3.12. The van der Waals surface area contributed by atoms with Gasteiger partial charge in [0.25, 0.3) is 5.56 Å². The first-order chi connectivity index (χ1) is 13.9. The third kappa shape index (κ3) is 3.60. The molecule has 0 amide bonds. The zero-order valence-corrected chi connectivity index (χ0v) is 17.1. The second-order valence-corrected chi connectivity index (χ2v) is 7.62. The van der Waals surface area contributed by atoms with Crippen molar-refractivity contribution in [2.75, 3.05) is 0 Å². The van der Waals surface area contributed by atoms with Crippen molar-refractivity contribution in [2.45, 2.75) is 26.7 Å². The van der Waals surface area contributed by atoms with Crippen LogP contribution in [0.5, 0.6) is 0 Å². The summed E-state index contributed by atoms with van der Waals surface area (Å²) in [5, 5.41) is 5.71.